The minimum Gasteiger partial charge on any atom is -0.497 e. The number of benzene rings is 2. The first-order valence-electron chi connectivity index (χ1n) is 15.3. The average molecular weight is 648 g/mol. The number of hydrogen-bond donors (Lipinski definition) is 3. The molecule has 0 unspecified atom stereocenters. The van der Waals surface area contributed by atoms with Crippen molar-refractivity contribution >= 4 is 50.7 Å². The minimum absolute atomic E-state index is 0.0117. The number of oxime groups is 1. The second-order valence-electron chi connectivity index (χ2n) is 11.3. The lowest BCUT2D eigenvalue weighted by Gasteiger charge is -2.47. The van der Waals surface area contributed by atoms with E-state index in [2.05, 4.69) is 20.4 Å². The summed E-state index contributed by atoms with van der Waals surface area (Å²) in [4.78, 5) is 40.0. The van der Waals surface area contributed by atoms with E-state index in [1.165, 1.54) is 11.3 Å². The molecule has 5 rings (SSSR count). The van der Waals surface area contributed by atoms with Gasteiger partial charge in [-0.2, -0.15) is 5.01 Å². The third-order valence-corrected chi connectivity index (χ3v) is 8.97. The summed E-state index contributed by atoms with van der Waals surface area (Å²) in [6, 6.07) is 12.5. The van der Waals surface area contributed by atoms with Gasteiger partial charge < -0.3 is 30.8 Å². The summed E-state index contributed by atoms with van der Waals surface area (Å²) in [5, 5.41) is 21.1. The molecule has 0 bridgehead atoms. The Morgan fingerprint density at radius 1 is 1.28 bits per heavy atom. The van der Waals surface area contributed by atoms with Gasteiger partial charge in [-0.05, 0) is 56.0 Å². The predicted molar refractivity (Wildman–Crippen MR) is 180 cm³/mol. The molecule has 2 aromatic carbocycles. The van der Waals surface area contributed by atoms with Gasteiger partial charge in [0.15, 0.2) is 11.0 Å². The number of hydrazine groups is 1. The van der Waals surface area contributed by atoms with Crippen LogP contribution in [0.25, 0.3) is 10.2 Å². The van der Waals surface area contributed by atoms with Crippen LogP contribution in [0.15, 0.2) is 64.4 Å². The molecule has 2 fully saturated rings. The zero-order valence-corrected chi connectivity index (χ0v) is 27.4. The van der Waals surface area contributed by atoms with Gasteiger partial charge in [0.1, 0.15) is 11.9 Å². The van der Waals surface area contributed by atoms with Crippen molar-refractivity contribution in [2.45, 2.75) is 58.9 Å². The fraction of sp³-hybridized carbons (Fsp3) is 0.406. The van der Waals surface area contributed by atoms with Gasteiger partial charge in [-0.25, -0.2) is 9.78 Å². The van der Waals surface area contributed by atoms with Crippen LogP contribution in [-0.2, 0) is 17.9 Å². The van der Waals surface area contributed by atoms with E-state index in [0.717, 1.165) is 32.7 Å². The largest absolute Gasteiger partial charge is 0.497 e. The van der Waals surface area contributed by atoms with Crippen molar-refractivity contribution < 1.29 is 19.5 Å². The lowest BCUT2D eigenvalue weighted by Crippen LogP contribution is -2.65. The van der Waals surface area contributed by atoms with Crippen LogP contribution >= 0.6 is 11.3 Å². The fourth-order valence-electron chi connectivity index (χ4n) is 6.02. The number of anilines is 1. The monoisotopic (exact) mass is 647 g/mol. The van der Waals surface area contributed by atoms with Gasteiger partial charge >= 0.3 is 6.03 Å². The normalized spacial score (nSPS) is 19.8. The van der Waals surface area contributed by atoms with Crippen molar-refractivity contribution in [3.8, 4) is 5.75 Å². The van der Waals surface area contributed by atoms with Gasteiger partial charge in [0.2, 0.25) is 5.91 Å². The molecule has 0 radical (unpaired) electrons. The number of piperazine rings is 1. The van der Waals surface area contributed by atoms with Crippen LogP contribution in [0.4, 0.5) is 9.93 Å². The molecule has 0 saturated carbocycles. The number of nitrogen functional groups attached to an aromatic ring is 1. The molecule has 13 nitrogen and oxygen atoms in total. The first-order valence-corrected chi connectivity index (χ1v) is 16.1. The second-order valence-corrected chi connectivity index (χ2v) is 12.3. The van der Waals surface area contributed by atoms with E-state index < -0.39 is 12.2 Å². The number of nitrogens with zero attached hydrogens (tertiary/aromatic N) is 7. The van der Waals surface area contributed by atoms with Gasteiger partial charge in [0.05, 0.1) is 36.5 Å². The van der Waals surface area contributed by atoms with Crippen LogP contribution in [0.3, 0.4) is 0 Å². The Morgan fingerprint density at radius 2 is 2.07 bits per heavy atom. The minimum atomic E-state index is -0.588. The summed E-state index contributed by atoms with van der Waals surface area (Å²) >= 11 is 1.41. The van der Waals surface area contributed by atoms with Crippen LogP contribution < -0.4 is 15.8 Å². The molecule has 14 heteroatoms. The molecule has 3 heterocycles. The van der Waals surface area contributed by atoms with Gasteiger partial charge in [-0.15, -0.1) is 0 Å². The maximum Gasteiger partial charge on any atom is 0.332 e. The number of aromatic nitrogens is 1. The number of amides is 3. The molecule has 3 amide bonds. The summed E-state index contributed by atoms with van der Waals surface area (Å²) in [6.07, 6.45) is 4.03. The van der Waals surface area contributed by atoms with Crippen molar-refractivity contribution in [2.75, 3.05) is 32.5 Å². The van der Waals surface area contributed by atoms with Crippen LogP contribution in [0.5, 0.6) is 5.75 Å². The van der Waals surface area contributed by atoms with E-state index in [-0.39, 0.29) is 18.5 Å². The molecule has 3 aromatic rings. The van der Waals surface area contributed by atoms with Crippen molar-refractivity contribution in [3.63, 3.8) is 0 Å². The molecular weight excluding hydrogens is 606 g/mol. The maximum absolute atomic E-state index is 13.8. The number of rotatable bonds is 11. The Labute approximate surface area is 272 Å². The topological polar surface area (TPSA) is 152 Å². The third-order valence-electron chi connectivity index (χ3n) is 8.12. The summed E-state index contributed by atoms with van der Waals surface area (Å²) in [7, 11) is 1.61. The molecule has 244 valence electrons. The standard InChI is InChI=1S/C32H41N9O4S/c1-5-14-39(32(43)35-17-22-10-12-24(45-4)13-11-22)40-20-28(42)41-25(15-21(3)16-34-6-2)30(37-44)38(19-27(40)41)18-23-8-7-9-26-29(23)36-31(33)46-26/h6-13,16,25,27,44H,5,14-15,17-20H2,1-4H3,(H2,33,36)(H,35,43)/b21-16+,34-6-,37-30+/t25-,27+/m0/s1. The second kappa shape index (κ2) is 14.6. The Kier molecular flexibility index (Phi) is 10.4. The zero-order valence-electron chi connectivity index (χ0n) is 26.6. The Morgan fingerprint density at radius 3 is 2.76 bits per heavy atom. The molecule has 2 aliphatic rings. The van der Waals surface area contributed by atoms with Crippen LogP contribution in [0.1, 0.15) is 44.7 Å². The number of nitrogens with one attached hydrogen (secondary N) is 1. The van der Waals surface area contributed by atoms with Crippen molar-refractivity contribution in [3.05, 3.63) is 65.4 Å². The number of thiazole rings is 1. The first-order chi connectivity index (χ1) is 22.3. The summed E-state index contributed by atoms with van der Waals surface area (Å²) < 4.78 is 6.21. The number of urea groups is 1. The third kappa shape index (κ3) is 6.92. The van der Waals surface area contributed by atoms with Gasteiger partial charge in [0.25, 0.3) is 0 Å². The average Bonchev–Trinajstić information content (AvgIpc) is 3.60. The number of hydrogen-bond acceptors (Lipinski definition) is 10. The number of methoxy groups -OCH3 is 1. The number of para-hydroxylation sites is 1. The number of amidine groups is 1. The zero-order chi connectivity index (χ0) is 32.8. The number of aliphatic imine (C=N–C) groups is 1. The molecule has 1 aromatic heterocycles. The molecule has 2 aliphatic heterocycles. The highest BCUT2D eigenvalue weighted by atomic mass is 32.1. The number of ether oxygens (including phenoxy) is 1. The van der Waals surface area contributed by atoms with E-state index in [0.29, 0.717) is 50.0 Å². The molecule has 2 atom stereocenters. The Hall–Kier alpha value is -4.69. The summed E-state index contributed by atoms with van der Waals surface area (Å²) in [5.74, 6) is 0.952. The fourth-order valence-corrected chi connectivity index (χ4v) is 6.80. The number of carbonyl (C=O) groups is 2. The van der Waals surface area contributed by atoms with Crippen LogP contribution in [0.2, 0.25) is 0 Å². The van der Waals surface area contributed by atoms with Gasteiger partial charge in [0, 0.05) is 32.0 Å². The lowest BCUT2D eigenvalue weighted by atomic mass is 10.0. The van der Waals surface area contributed by atoms with Crippen molar-refractivity contribution in [2.24, 2.45) is 10.1 Å². The molecule has 2 saturated heterocycles. The molecular formula is C32H41N9O4S. The van der Waals surface area contributed by atoms with E-state index in [9.17, 15) is 14.8 Å². The van der Waals surface area contributed by atoms with Crippen molar-refractivity contribution in [1.29, 1.82) is 0 Å². The van der Waals surface area contributed by atoms with E-state index >= 15 is 0 Å². The first kappa shape index (κ1) is 32.7. The highest BCUT2D eigenvalue weighted by Gasteiger charge is 2.51. The van der Waals surface area contributed by atoms with E-state index in [1.807, 2.05) is 73.1 Å². The van der Waals surface area contributed by atoms with Crippen molar-refractivity contribution in [1.82, 2.24) is 30.1 Å². The highest BCUT2D eigenvalue weighted by Crippen LogP contribution is 2.33. The predicted octanol–water partition coefficient (Wildman–Crippen LogP) is 4.25. The van der Waals surface area contributed by atoms with E-state index in [4.69, 9.17) is 10.5 Å². The highest BCUT2D eigenvalue weighted by molar-refractivity contribution is 7.22. The maximum atomic E-state index is 13.8. The summed E-state index contributed by atoms with van der Waals surface area (Å²) in [6.45, 7) is 7.18. The van der Waals surface area contributed by atoms with E-state index in [1.54, 1.807) is 29.4 Å². The Bertz CT molecular complexity index is 1640. The lowest BCUT2D eigenvalue weighted by molar-refractivity contribution is -0.130. The molecule has 0 aliphatic carbocycles. The Balaban J connectivity index is 1.46. The van der Waals surface area contributed by atoms with Crippen LogP contribution in [-0.4, -0.2) is 92.9 Å². The number of fused-ring (bicyclic) bond motifs is 2. The quantitative estimate of drug-likeness (QED) is 0.159. The van der Waals surface area contributed by atoms with Crippen LogP contribution in [0, 0.1) is 0 Å². The number of carbonyl (C=O) groups excluding carboxylic acids is 2. The van der Waals surface area contributed by atoms with Gasteiger partial charge in [-0.3, -0.25) is 14.8 Å². The van der Waals surface area contributed by atoms with Gasteiger partial charge in [-0.1, -0.05) is 53.3 Å². The molecule has 0 spiro atoms. The number of nitrogens with two attached hydrogens (primary N) is 1. The smallest absolute Gasteiger partial charge is 0.332 e. The molecule has 46 heavy (non-hydrogen) atoms. The SMILES string of the molecule is C/C=N\C=C(/C)C[C@H]1/C(=N\O)N(Cc2cccc3sc(N)nc23)C[C@H]2N1C(=O)CN2N(CCC)C(=O)NCc1ccc(OC)cc1. The molecule has 4 N–H and O–H groups in total. The summed E-state index contributed by atoms with van der Waals surface area (Å²) in [5.41, 5.74) is 9.58.